The van der Waals surface area contributed by atoms with Gasteiger partial charge in [0.1, 0.15) is 14.1 Å². The van der Waals surface area contributed by atoms with Crippen LogP contribution in [0.4, 0.5) is 17.1 Å². The van der Waals surface area contributed by atoms with Crippen LogP contribution in [0, 0.1) is 34.1 Å². The van der Waals surface area contributed by atoms with Gasteiger partial charge in [-0.05, 0) is 43.4 Å². The molecule has 9 nitrogen and oxygen atoms in total. The van der Waals surface area contributed by atoms with Crippen molar-refractivity contribution in [2.24, 2.45) is 14.1 Å². The first-order chi connectivity index (χ1) is 16.1. The summed E-state index contributed by atoms with van der Waals surface area (Å²) >= 11 is 0. The van der Waals surface area contributed by atoms with E-state index < -0.39 is 9.85 Å². The molecule has 0 radical (unpaired) electrons. The summed E-state index contributed by atoms with van der Waals surface area (Å²) in [5, 5.41) is 25.4. The van der Waals surface area contributed by atoms with Crippen LogP contribution in [0.1, 0.15) is 37.8 Å². The minimum atomic E-state index is -0.579. The quantitative estimate of drug-likeness (QED) is 0.307. The summed E-state index contributed by atoms with van der Waals surface area (Å²) in [6, 6.07) is 9.83. The van der Waals surface area contributed by atoms with Gasteiger partial charge in [-0.1, -0.05) is 13.8 Å². The van der Waals surface area contributed by atoms with Gasteiger partial charge in [0.25, 0.3) is 5.69 Å². The minimum Gasteiger partial charge on any atom is -0.371 e. The molecule has 0 bridgehead atoms. The Labute approximate surface area is 200 Å². The van der Waals surface area contributed by atoms with E-state index in [-0.39, 0.29) is 23.1 Å². The number of benzene rings is 1. The smallest absolute Gasteiger partial charge is 0.302 e. The van der Waals surface area contributed by atoms with Crippen molar-refractivity contribution in [1.82, 2.24) is 0 Å². The number of nitrogens with one attached hydrogen (secondary N) is 1. The van der Waals surface area contributed by atoms with Crippen LogP contribution in [0.25, 0.3) is 11.1 Å². The second kappa shape index (κ2) is 11.8. The number of aryl methyl sites for hydroxylation is 3. The zero-order valence-corrected chi connectivity index (χ0v) is 20.6. The monoisotopic (exact) mass is 467 g/mol. The summed E-state index contributed by atoms with van der Waals surface area (Å²) in [4.78, 5) is 21.3. The molecule has 1 aromatic carbocycles. The number of nitrogens with zero attached hydrogens (tertiary/aromatic N) is 4. The number of aromatic nitrogens is 2. The van der Waals surface area contributed by atoms with E-state index in [2.05, 4.69) is 54.4 Å². The summed E-state index contributed by atoms with van der Waals surface area (Å²) in [5.41, 5.74) is 3.06. The van der Waals surface area contributed by atoms with Crippen LogP contribution in [-0.2, 0) is 14.1 Å². The zero-order valence-electron chi connectivity index (χ0n) is 20.6. The van der Waals surface area contributed by atoms with E-state index in [1.165, 1.54) is 17.2 Å². The van der Waals surface area contributed by atoms with Crippen LogP contribution in [-0.4, -0.2) is 15.9 Å². The third-order valence-corrected chi connectivity index (χ3v) is 5.80. The zero-order chi connectivity index (χ0) is 25.4. The molecule has 0 amide bonds. The van der Waals surface area contributed by atoms with E-state index in [1.807, 2.05) is 37.1 Å². The highest BCUT2D eigenvalue weighted by atomic mass is 16.6. The van der Waals surface area contributed by atoms with Gasteiger partial charge in [-0.2, -0.15) is 0 Å². The Bertz CT molecular complexity index is 1100. The van der Waals surface area contributed by atoms with E-state index in [0.717, 1.165) is 12.8 Å². The van der Waals surface area contributed by atoms with E-state index in [0.29, 0.717) is 11.1 Å². The van der Waals surface area contributed by atoms with Crippen molar-refractivity contribution in [3.8, 4) is 11.1 Å². The predicted octanol–water partition coefficient (Wildman–Crippen LogP) is 4.72. The molecule has 180 valence electrons. The third-order valence-electron chi connectivity index (χ3n) is 5.80. The average Bonchev–Trinajstić information content (AvgIpc) is 2.80. The van der Waals surface area contributed by atoms with E-state index in [1.54, 1.807) is 13.8 Å². The molecule has 1 N–H and O–H groups in total. The first kappa shape index (κ1) is 26.4. The third kappa shape index (κ3) is 6.57. The van der Waals surface area contributed by atoms with Gasteiger partial charge in [0.05, 0.1) is 9.85 Å². The highest BCUT2D eigenvalue weighted by Gasteiger charge is 2.30. The maximum Gasteiger partial charge on any atom is 0.302 e. The molecule has 9 heteroatoms. The molecule has 3 aromatic rings. The molecule has 2 heterocycles. The Morgan fingerprint density at radius 3 is 1.65 bits per heavy atom. The standard InChI is InChI=1S/C13H19N3O4.C12H14N2/c1-5-10(6-2)14-12-11(15(17)18)7-8(3)9(4)13(12)16(19)20;1-13-7-3-11(4-8-13)12-5-9-14(2)10-6-12/h7,10,14H,5-6H2,1-4H3;3-10H,1-2H3/q;+2. The Morgan fingerprint density at radius 2 is 1.29 bits per heavy atom. The molecule has 34 heavy (non-hydrogen) atoms. The van der Waals surface area contributed by atoms with Crippen molar-refractivity contribution < 1.29 is 19.0 Å². The summed E-state index contributed by atoms with van der Waals surface area (Å²) < 4.78 is 4.07. The fraction of sp³-hybridized carbons (Fsp3) is 0.360. The largest absolute Gasteiger partial charge is 0.371 e. The lowest BCUT2D eigenvalue weighted by atomic mass is 10.0. The second-order valence-corrected chi connectivity index (χ2v) is 8.24. The van der Waals surface area contributed by atoms with Gasteiger partial charge in [-0.3, -0.25) is 20.2 Å². The fourth-order valence-corrected chi connectivity index (χ4v) is 3.48. The number of anilines is 1. The molecule has 0 saturated heterocycles. The van der Waals surface area contributed by atoms with E-state index in [9.17, 15) is 20.2 Å². The molecule has 0 aliphatic rings. The van der Waals surface area contributed by atoms with Gasteiger partial charge in [-0.15, -0.1) is 0 Å². The maximum absolute atomic E-state index is 11.3. The molecule has 0 saturated carbocycles. The predicted molar refractivity (Wildman–Crippen MR) is 131 cm³/mol. The van der Waals surface area contributed by atoms with Crippen LogP contribution < -0.4 is 14.5 Å². The van der Waals surface area contributed by atoms with Crippen molar-refractivity contribution >= 4 is 17.1 Å². The molecule has 0 spiro atoms. The molecule has 0 aliphatic carbocycles. The number of nitro groups is 2. The Hall–Kier alpha value is -3.88. The Balaban J connectivity index is 0.000000254. The molecule has 0 unspecified atom stereocenters. The van der Waals surface area contributed by atoms with Crippen LogP contribution in [0.5, 0.6) is 0 Å². The van der Waals surface area contributed by atoms with Gasteiger partial charge < -0.3 is 5.32 Å². The highest BCUT2D eigenvalue weighted by Crippen LogP contribution is 2.39. The van der Waals surface area contributed by atoms with Crippen molar-refractivity contribution in [3.63, 3.8) is 0 Å². The highest BCUT2D eigenvalue weighted by molar-refractivity contribution is 5.78. The maximum atomic E-state index is 11.3. The summed E-state index contributed by atoms with van der Waals surface area (Å²) in [7, 11) is 4.05. The molecule has 2 aromatic heterocycles. The molecular weight excluding hydrogens is 434 g/mol. The molecule has 0 fully saturated rings. The van der Waals surface area contributed by atoms with Crippen molar-refractivity contribution in [2.75, 3.05) is 5.32 Å². The number of hydrogen-bond donors (Lipinski definition) is 1. The number of pyridine rings is 2. The second-order valence-electron chi connectivity index (χ2n) is 8.24. The van der Waals surface area contributed by atoms with Crippen molar-refractivity contribution in [2.45, 2.75) is 46.6 Å². The van der Waals surface area contributed by atoms with Crippen LogP contribution in [0.3, 0.4) is 0 Å². The molecule has 0 atom stereocenters. The van der Waals surface area contributed by atoms with Crippen LogP contribution >= 0.6 is 0 Å². The lowest BCUT2D eigenvalue weighted by Crippen LogP contribution is -2.26. The topological polar surface area (TPSA) is 106 Å². The SMILES string of the molecule is CCC(CC)Nc1c([N+](=O)[O-])cc(C)c(C)c1[N+](=O)[O-].C[n+]1ccc(-c2cc[n+](C)cc2)cc1. The normalized spacial score (nSPS) is 10.4. The summed E-state index contributed by atoms with van der Waals surface area (Å²) in [6.45, 7) is 7.10. The lowest BCUT2D eigenvalue weighted by molar-refractivity contribution is -0.671. The summed E-state index contributed by atoms with van der Waals surface area (Å²) in [6.07, 6.45) is 9.70. The molecule has 3 rings (SSSR count). The summed E-state index contributed by atoms with van der Waals surface area (Å²) in [5.74, 6) is 0. The van der Waals surface area contributed by atoms with Crippen LogP contribution in [0.15, 0.2) is 55.1 Å². The first-order valence-electron chi connectivity index (χ1n) is 11.2. The van der Waals surface area contributed by atoms with Crippen molar-refractivity contribution in [1.29, 1.82) is 0 Å². The van der Waals surface area contributed by atoms with E-state index >= 15 is 0 Å². The van der Waals surface area contributed by atoms with Crippen molar-refractivity contribution in [3.05, 3.63) is 86.5 Å². The minimum absolute atomic E-state index is 0.0109. The Morgan fingerprint density at radius 1 is 0.853 bits per heavy atom. The lowest BCUT2D eigenvalue weighted by Gasteiger charge is -2.17. The first-order valence-corrected chi connectivity index (χ1v) is 11.2. The fourth-order valence-electron chi connectivity index (χ4n) is 3.48. The average molecular weight is 468 g/mol. The number of nitro benzene ring substituents is 2. The Kier molecular flexibility index (Phi) is 9.18. The van der Waals surface area contributed by atoms with Crippen LogP contribution in [0.2, 0.25) is 0 Å². The van der Waals surface area contributed by atoms with E-state index in [4.69, 9.17) is 0 Å². The van der Waals surface area contributed by atoms with Gasteiger partial charge in [-0.25, -0.2) is 9.13 Å². The van der Waals surface area contributed by atoms with Gasteiger partial charge in [0.2, 0.25) is 0 Å². The van der Waals surface area contributed by atoms with Gasteiger partial charge in [0, 0.05) is 41.9 Å². The number of rotatable bonds is 7. The molecule has 0 aliphatic heterocycles. The molecular formula is C25H33N5O4+2. The van der Waals surface area contributed by atoms with Gasteiger partial charge in [0.15, 0.2) is 30.5 Å². The number of hydrogen-bond acceptors (Lipinski definition) is 5. The van der Waals surface area contributed by atoms with Gasteiger partial charge >= 0.3 is 5.69 Å².